The summed E-state index contributed by atoms with van der Waals surface area (Å²) in [6, 6.07) is 0.314. The number of carboxylic acid groups (broad SMARTS) is 1. The first-order chi connectivity index (χ1) is 10.1. The Balaban J connectivity index is 1.68. The number of carbonyl (C=O) groups is 3. The van der Waals surface area contributed by atoms with Gasteiger partial charge in [0.1, 0.15) is 6.61 Å². The number of nitrogens with zero attached hydrogens (tertiary/aromatic N) is 1. The van der Waals surface area contributed by atoms with Crippen LogP contribution in [0, 0.1) is 5.92 Å². The van der Waals surface area contributed by atoms with Crippen LogP contribution in [0.15, 0.2) is 0 Å². The van der Waals surface area contributed by atoms with Crippen molar-refractivity contribution < 1.29 is 24.2 Å². The molecule has 1 saturated carbocycles. The van der Waals surface area contributed by atoms with Crippen LogP contribution in [0.5, 0.6) is 0 Å². The first kappa shape index (κ1) is 15.8. The summed E-state index contributed by atoms with van der Waals surface area (Å²) in [5.74, 6) is -1.40. The number of hydrogen-bond acceptors (Lipinski definition) is 4. The summed E-state index contributed by atoms with van der Waals surface area (Å²) in [4.78, 5) is 36.1. The minimum Gasteiger partial charge on any atom is -0.480 e. The maximum Gasteiger partial charge on any atom is 0.329 e. The predicted octanol–water partition coefficient (Wildman–Crippen LogP) is -0.00510. The highest BCUT2D eigenvalue weighted by Crippen LogP contribution is 2.29. The molecule has 118 valence electrons. The van der Waals surface area contributed by atoms with E-state index < -0.39 is 5.97 Å². The van der Waals surface area contributed by atoms with Crippen LogP contribution in [0.25, 0.3) is 0 Å². The number of rotatable bonds is 7. The number of hydrogen-bond donors (Lipinski definition) is 2. The van der Waals surface area contributed by atoms with Gasteiger partial charge in [0, 0.05) is 25.6 Å². The van der Waals surface area contributed by atoms with Crippen LogP contribution < -0.4 is 5.32 Å². The van der Waals surface area contributed by atoms with E-state index in [4.69, 9.17) is 9.84 Å². The molecule has 2 fully saturated rings. The number of nitrogens with one attached hydrogen (secondary N) is 1. The van der Waals surface area contributed by atoms with E-state index in [0.29, 0.717) is 12.6 Å². The third-order valence-electron chi connectivity index (χ3n) is 4.07. The number of ether oxygens (including phenoxy) is 1. The monoisotopic (exact) mass is 298 g/mol. The highest BCUT2D eigenvalue weighted by Gasteiger charge is 2.38. The van der Waals surface area contributed by atoms with Gasteiger partial charge in [0.05, 0.1) is 12.5 Å². The number of carbonyl (C=O) groups excluding carboxylic acids is 2. The molecule has 1 unspecified atom stereocenters. The molecule has 0 aromatic heterocycles. The lowest BCUT2D eigenvalue weighted by Gasteiger charge is -2.23. The highest BCUT2D eigenvalue weighted by atomic mass is 16.5. The van der Waals surface area contributed by atoms with Crippen molar-refractivity contribution in [3.63, 3.8) is 0 Å². The van der Waals surface area contributed by atoms with Crippen LogP contribution in [-0.2, 0) is 19.1 Å². The molecule has 1 heterocycles. The smallest absolute Gasteiger partial charge is 0.329 e. The molecule has 7 heteroatoms. The molecular weight excluding hydrogens is 276 g/mol. The minimum absolute atomic E-state index is 0.0733. The van der Waals surface area contributed by atoms with E-state index in [1.807, 2.05) is 4.90 Å². The van der Waals surface area contributed by atoms with Crippen molar-refractivity contribution in [1.82, 2.24) is 10.2 Å². The highest BCUT2D eigenvalue weighted by molar-refractivity contribution is 5.89. The van der Waals surface area contributed by atoms with E-state index >= 15 is 0 Å². The number of carboxylic acids is 1. The summed E-state index contributed by atoms with van der Waals surface area (Å²) in [7, 11) is 0. The van der Waals surface area contributed by atoms with Gasteiger partial charge in [-0.1, -0.05) is 12.8 Å². The summed E-state index contributed by atoms with van der Waals surface area (Å²) >= 11 is 0. The zero-order valence-corrected chi connectivity index (χ0v) is 12.0. The summed E-state index contributed by atoms with van der Waals surface area (Å²) in [5.41, 5.74) is 0. The molecule has 21 heavy (non-hydrogen) atoms. The van der Waals surface area contributed by atoms with Gasteiger partial charge in [-0.3, -0.25) is 9.59 Å². The van der Waals surface area contributed by atoms with Gasteiger partial charge >= 0.3 is 5.97 Å². The quantitative estimate of drug-likeness (QED) is 0.645. The van der Waals surface area contributed by atoms with Crippen LogP contribution >= 0.6 is 0 Å². The SMILES string of the molecule is O=C(O)COCCNC(=O)C1CC(=O)N(C2CCCC2)C1. The second-order valence-electron chi connectivity index (χ2n) is 5.62. The fourth-order valence-corrected chi connectivity index (χ4v) is 3.03. The summed E-state index contributed by atoms with van der Waals surface area (Å²) < 4.78 is 4.84. The molecule has 2 N–H and O–H groups in total. The Morgan fingerprint density at radius 2 is 2.05 bits per heavy atom. The maximum atomic E-state index is 12.0. The van der Waals surface area contributed by atoms with Crippen molar-refractivity contribution in [2.75, 3.05) is 26.3 Å². The molecule has 2 amide bonds. The molecule has 1 aliphatic carbocycles. The fraction of sp³-hybridized carbons (Fsp3) is 0.786. The number of amides is 2. The molecule has 0 aromatic carbocycles. The lowest BCUT2D eigenvalue weighted by molar-refractivity contribution is -0.142. The first-order valence-corrected chi connectivity index (χ1v) is 7.44. The Morgan fingerprint density at radius 1 is 1.33 bits per heavy atom. The van der Waals surface area contributed by atoms with Gasteiger partial charge in [-0.2, -0.15) is 0 Å². The maximum absolute atomic E-state index is 12.0. The van der Waals surface area contributed by atoms with Crippen molar-refractivity contribution in [3.05, 3.63) is 0 Å². The first-order valence-electron chi connectivity index (χ1n) is 7.44. The van der Waals surface area contributed by atoms with Gasteiger partial charge < -0.3 is 20.1 Å². The van der Waals surface area contributed by atoms with Crippen LogP contribution in [0.3, 0.4) is 0 Å². The molecule has 2 rings (SSSR count). The van der Waals surface area contributed by atoms with Gasteiger partial charge in [0.15, 0.2) is 0 Å². The zero-order valence-electron chi connectivity index (χ0n) is 12.0. The third kappa shape index (κ3) is 4.42. The minimum atomic E-state index is -1.03. The number of aliphatic carboxylic acids is 1. The molecule has 1 atom stereocenters. The summed E-state index contributed by atoms with van der Waals surface area (Å²) in [6.45, 7) is 0.559. The third-order valence-corrected chi connectivity index (χ3v) is 4.07. The summed E-state index contributed by atoms with van der Waals surface area (Å²) in [6.07, 6.45) is 4.68. The molecule has 0 bridgehead atoms. The largest absolute Gasteiger partial charge is 0.480 e. The Morgan fingerprint density at radius 3 is 2.71 bits per heavy atom. The molecule has 7 nitrogen and oxygen atoms in total. The standard InChI is InChI=1S/C14H22N2O5/c17-12-7-10(8-16(12)11-3-1-2-4-11)14(20)15-5-6-21-9-13(18)19/h10-11H,1-9H2,(H,15,20)(H,18,19). The Labute approximate surface area is 123 Å². The van der Waals surface area contributed by atoms with Crippen LogP contribution in [0.2, 0.25) is 0 Å². The average molecular weight is 298 g/mol. The molecule has 2 aliphatic rings. The average Bonchev–Trinajstić information content (AvgIpc) is 3.06. The molecule has 1 aliphatic heterocycles. The van der Waals surface area contributed by atoms with E-state index in [0.717, 1.165) is 25.7 Å². The van der Waals surface area contributed by atoms with E-state index in [1.54, 1.807) is 0 Å². The molecule has 0 spiro atoms. The molecule has 1 saturated heterocycles. The van der Waals surface area contributed by atoms with Gasteiger partial charge in [-0.15, -0.1) is 0 Å². The van der Waals surface area contributed by atoms with Crippen molar-refractivity contribution in [2.45, 2.75) is 38.1 Å². The fourth-order valence-electron chi connectivity index (χ4n) is 3.03. The second-order valence-corrected chi connectivity index (χ2v) is 5.62. The van der Waals surface area contributed by atoms with Crippen molar-refractivity contribution in [3.8, 4) is 0 Å². The molecule has 0 aromatic rings. The van der Waals surface area contributed by atoms with Crippen molar-refractivity contribution >= 4 is 17.8 Å². The lowest BCUT2D eigenvalue weighted by Crippen LogP contribution is -2.37. The second kappa shape index (κ2) is 7.40. The topological polar surface area (TPSA) is 95.9 Å². The van der Waals surface area contributed by atoms with Crippen LogP contribution in [0.4, 0.5) is 0 Å². The molecule has 0 radical (unpaired) electrons. The Bertz CT molecular complexity index is 406. The van der Waals surface area contributed by atoms with Crippen LogP contribution in [0.1, 0.15) is 32.1 Å². The van der Waals surface area contributed by atoms with E-state index in [1.165, 1.54) is 0 Å². The molecular formula is C14H22N2O5. The van der Waals surface area contributed by atoms with E-state index in [9.17, 15) is 14.4 Å². The predicted molar refractivity (Wildman–Crippen MR) is 73.5 cm³/mol. The Kier molecular flexibility index (Phi) is 5.55. The number of likely N-dealkylation sites (tertiary alicyclic amines) is 1. The van der Waals surface area contributed by atoms with Gasteiger partial charge in [0.2, 0.25) is 11.8 Å². The van der Waals surface area contributed by atoms with Crippen molar-refractivity contribution in [2.24, 2.45) is 5.92 Å². The lowest BCUT2D eigenvalue weighted by atomic mass is 10.1. The van der Waals surface area contributed by atoms with E-state index in [-0.39, 0.29) is 43.9 Å². The summed E-state index contributed by atoms with van der Waals surface area (Å²) in [5, 5.41) is 11.1. The van der Waals surface area contributed by atoms with Gasteiger partial charge in [0.25, 0.3) is 0 Å². The van der Waals surface area contributed by atoms with Crippen LogP contribution in [-0.4, -0.2) is 60.1 Å². The normalized spacial score (nSPS) is 22.8. The van der Waals surface area contributed by atoms with Gasteiger partial charge in [-0.05, 0) is 12.8 Å². The van der Waals surface area contributed by atoms with Crippen molar-refractivity contribution in [1.29, 1.82) is 0 Å². The van der Waals surface area contributed by atoms with E-state index in [2.05, 4.69) is 5.32 Å². The zero-order chi connectivity index (χ0) is 15.2. The Hall–Kier alpha value is -1.63. The van der Waals surface area contributed by atoms with Gasteiger partial charge in [-0.25, -0.2) is 4.79 Å².